The van der Waals surface area contributed by atoms with Crippen molar-refractivity contribution in [1.29, 1.82) is 0 Å². The summed E-state index contributed by atoms with van der Waals surface area (Å²) in [6, 6.07) is 7.79. The van der Waals surface area contributed by atoms with Crippen LogP contribution in [0.3, 0.4) is 0 Å². The molecule has 12 atom stereocenters. The number of aliphatic hydroxyl groups is 6. The summed E-state index contributed by atoms with van der Waals surface area (Å²) in [5, 5.41) is 101. The average Bonchev–Trinajstić information content (AvgIpc) is 3.24. The van der Waals surface area contributed by atoms with Crippen LogP contribution in [0.4, 0.5) is 0 Å². The molecule has 0 aromatic heterocycles. The highest BCUT2D eigenvalue weighted by Gasteiger charge is 2.49. The highest BCUT2D eigenvalue weighted by Crippen LogP contribution is 2.37. The summed E-state index contributed by atoms with van der Waals surface area (Å²) >= 11 is 0. The van der Waals surface area contributed by atoms with E-state index in [2.05, 4.69) is 0 Å². The van der Waals surface area contributed by atoms with Gasteiger partial charge in [0.2, 0.25) is 6.29 Å². The Morgan fingerprint density at radius 2 is 1.48 bits per heavy atom. The fourth-order valence-corrected chi connectivity index (χ4v) is 6.65. The molecule has 3 aliphatic heterocycles. The van der Waals surface area contributed by atoms with Crippen molar-refractivity contribution in [2.75, 3.05) is 26.9 Å². The molecular weight excluding hydrogens is 816 g/mol. The number of carbonyl (C=O) groups is 3. The fourth-order valence-electron chi connectivity index (χ4n) is 6.65. The maximum absolute atomic E-state index is 13.6. The van der Waals surface area contributed by atoms with E-state index in [1.165, 1.54) is 49.4 Å². The van der Waals surface area contributed by atoms with Crippen molar-refractivity contribution in [2.24, 2.45) is 5.92 Å². The standard InChI is InChI=1S/C40H48O21/c1-3-20-21(22(37(53)54-2)16-57-38(20)61-40-34(51)32(49)31(48)27(15-41)58-40)14-30(47)56-17-28-36(60-29(46)9-6-18-4-7-23(42)25(44)12-18)33(50)35(52)39(59-28)55-11-10-19-5-8-24(43)26(45)13-19/h3-9,12-13,16,21,27-28,31-36,38-45,48-52H,10-11,14-15,17H2,1-2H3/t21-,27+,28+,31+,32-,33+,34+,35+,36+,38-,39+,40-/m0/s1. The van der Waals surface area contributed by atoms with E-state index < -0.39 is 123 Å². The molecule has 2 saturated heterocycles. The first-order valence-electron chi connectivity index (χ1n) is 18.8. The van der Waals surface area contributed by atoms with Crippen LogP contribution in [0.2, 0.25) is 0 Å². The number of rotatable bonds is 15. The van der Waals surface area contributed by atoms with Crippen molar-refractivity contribution in [3.63, 3.8) is 0 Å². The van der Waals surface area contributed by atoms with Gasteiger partial charge >= 0.3 is 17.9 Å². The van der Waals surface area contributed by atoms with Crippen molar-refractivity contribution in [2.45, 2.75) is 87.5 Å². The Balaban J connectivity index is 1.31. The van der Waals surface area contributed by atoms with E-state index in [4.69, 9.17) is 37.9 Å². The van der Waals surface area contributed by atoms with Crippen LogP contribution in [0.5, 0.6) is 23.0 Å². The van der Waals surface area contributed by atoms with Gasteiger partial charge in [0.1, 0.15) is 49.3 Å². The molecule has 0 saturated carbocycles. The minimum absolute atomic E-state index is 0.125. The third kappa shape index (κ3) is 11.3. The van der Waals surface area contributed by atoms with Gasteiger partial charge in [-0.2, -0.15) is 0 Å². The summed E-state index contributed by atoms with van der Waals surface area (Å²) in [5.41, 5.74) is 0.773. The number of allylic oxidation sites excluding steroid dienone is 1. The lowest BCUT2D eigenvalue weighted by Crippen LogP contribution is -2.60. The fraction of sp³-hybridized carbons (Fsp3) is 0.475. The molecule has 0 aliphatic carbocycles. The monoisotopic (exact) mass is 864 g/mol. The number of hydrogen-bond acceptors (Lipinski definition) is 21. The number of methoxy groups -OCH3 is 1. The predicted molar refractivity (Wildman–Crippen MR) is 201 cm³/mol. The second kappa shape index (κ2) is 21.0. The molecule has 334 valence electrons. The molecule has 21 nitrogen and oxygen atoms in total. The Hall–Kier alpha value is -5.33. The molecule has 0 amide bonds. The third-order valence-corrected chi connectivity index (χ3v) is 10.0. The van der Waals surface area contributed by atoms with Gasteiger partial charge in [-0.25, -0.2) is 9.59 Å². The highest BCUT2D eigenvalue weighted by atomic mass is 16.8. The summed E-state index contributed by atoms with van der Waals surface area (Å²) < 4.78 is 44.2. The first-order chi connectivity index (χ1) is 29.1. The summed E-state index contributed by atoms with van der Waals surface area (Å²) in [7, 11) is 1.09. The van der Waals surface area contributed by atoms with E-state index in [0.717, 1.165) is 25.5 Å². The van der Waals surface area contributed by atoms with Crippen LogP contribution in [-0.2, 0) is 58.7 Å². The van der Waals surface area contributed by atoms with Gasteiger partial charge in [0.05, 0.1) is 38.6 Å². The van der Waals surface area contributed by atoms with E-state index in [9.17, 15) is 65.4 Å². The van der Waals surface area contributed by atoms with Crippen LogP contribution >= 0.6 is 0 Å². The van der Waals surface area contributed by atoms with Crippen molar-refractivity contribution in [3.05, 3.63) is 77.1 Å². The summed E-state index contributed by atoms with van der Waals surface area (Å²) in [6.45, 7) is -0.0961. The maximum Gasteiger partial charge on any atom is 0.337 e. The number of benzene rings is 2. The number of ether oxygens (including phenoxy) is 8. The second-order valence-corrected chi connectivity index (χ2v) is 14.0. The first-order valence-corrected chi connectivity index (χ1v) is 18.8. The van der Waals surface area contributed by atoms with Gasteiger partial charge in [-0.3, -0.25) is 4.79 Å². The average molecular weight is 865 g/mol. The van der Waals surface area contributed by atoms with Crippen LogP contribution in [0.15, 0.2) is 66.0 Å². The van der Waals surface area contributed by atoms with E-state index in [-0.39, 0.29) is 41.2 Å². The number of hydrogen-bond donors (Lipinski definition) is 10. The molecule has 61 heavy (non-hydrogen) atoms. The van der Waals surface area contributed by atoms with Gasteiger partial charge in [0.15, 0.2) is 41.7 Å². The molecule has 2 aromatic carbocycles. The molecule has 3 heterocycles. The van der Waals surface area contributed by atoms with Crippen molar-refractivity contribution in [1.82, 2.24) is 0 Å². The Morgan fingerprint density at radius 1 is 0.803 bits per heavy atom. The minimum atomic E-state index is -1.88. The number of phenolic OH excluding ortho intramolecular Hbond substituents is 4. The Morgan fingerprint density at radius 3 is 2.13 bits per heavy atom. The van der Waals surface area contributed by atoms with E-state index in [1.54, 1.807) is 0 Å². The molecule has 2 aromatic rings. The van der Waals surface area contributed by atoms with Crippen molar-refractivity contribution in [3.8, 4) is 23.0 Å². The van der Waals surface area contributed by atoms with E-state index >= 15 is 0 Å². The zero-order valence-electron chi connectivity index (χ0n) is 32.7. The zero-order chi connectivity index (χ0) is 44.5. The maximum atomic E-state index is 13.6. The smallest absolute Gasteiger partial charge is 0.337 e. The Kier molecular flexibility index (Phi) is 16.1. The quantitative estimate of drug-likeness (QED) is 0.0333. The lowest BCUT2D eigenvalue weighted by atomic mass is 9.86. The largest absolute Gasteiger partial charge is 0.504 e. The van der Waals surface area contributed by atoms with Gasteiger partial charge in [0.25, 0.3) is 0 Å². The van der Waals surface area contributed by atoms with Crippen LogP contribution in [0.25, 0.3) is 6.08 Å². The van der Waals surface area contributed by atoms with E-state index in [1.807, 2.05) is 0 Å². The van der Waals surface area contributed by atoms with Gasteiger partial charge in [-0.1, -0.05) is 18.2 Å². The lowest BCUT2D eigenvalue weighted by molar-refractivity contribution is -0.327. The molecule has 0 bridgehead atoms. The third-order valence-electron chi connectivity index (χ3n) is 10.0. The van der Waals surface area contributed by atoms with Crippen LogP contribution in [-0.4, -0.2) is 164 Å². The van der Waals surface area contributed by atoms with Crippen LogP contribution in [0, 0.1) is 5.92 Å². The molecule has 21 heteroatoms. The number of phenols is 4. The minimum Gasteiger partial charge on any atom is -0.504 e. The SMILES string of the molecule is CC=C1[C@H](O[C@@H]2O[C@H](CO)[C@@H](O)[C@H](O)[C@H]2O)OC=C(C(=O)OC)[C@H]1CC(=O)OC[C@H]1O[C@@H](OCCc2ccc(O)c(O)c2)[C@H](O)[C@@H](O)[C@@H]1OC(=O)C=Cc1ccc(O)c(O)c1. The van der Waals surface area contributed by atoms with Crippen molar-refractivity contribution < 1.29 is 103 Å². The molecule has 2 fully saturated rings. The molecule has 0 spiro atoms. The molecule has 10 N–H and O–H groups in total. The van der Waals surface area contributed by atoms with Crippen molar-refractivity contribution >= 4 is 24.0 Å². The molecule has 3 aliphatic rings. The topological polar surface area (TPSA) is 327 Å². The second-order valence-electron chi connectivity index (χ2n) is 14.0. The van der Waals surface area contributed by atoms with E-state index in [0.29, 0.717) is 5.56 Å². The zero-order valence-corrected chi connectivity index (χ0v) is 32.7. The lowest BCUT2D eigenvalue weighted by Gasteiger charge is -2.42. The predicted octanol–water partition coefficient (Wildman–Crippen LogP) is -1.13. The molecular formula is C40H48O21. The summed E-state index contributed by atoms with van der Waals surface area (Å²) in [6.07, 6.45) is -14.1. The van der Waals surface area contributed by atoms with Crippen LogP contribution in [0.1, 0.15) is 24.5 Å². The van der Waals surface area contributed by atoms with Gasteiger partial charge in [-0.15, -0.1) is 0 Å². The first kappa shape index (κ1) is 46.7. The number of esters is 3. The summed E-state index contributed by atoms with van der Waals surface area (Å²) in [5.74, 6) is -5.69. The van der Waals surface area contributed by atoms with Gasteiger partial charge < -0.3 is 89.0 Å². The number of carbonyl (C=O) groups excluding carboxylic acids is 3. The molecule has 5 rings (SSSR count). The molecule has 0 unspecified atom stereocenters. The van der Waals surface area contributed by atoms with Gasteiger partial charge in [0, 0.05) is 17.6 Å². The number of aromatic hydroxyl groups is 4. The van der Waals surface area contributed by atoms with Gasteiger partial charge in [-0.05, 0) is 54.8 Å². The number of aliphatic hydroxyl groups excluding tert-OH is 6. The molecule has 0 radical (unpaired) electrons. The van der Waals surface area contributed by atoms with Crippen LogP contribution < -0.4 is 0 Å². The Bertz CT molecular complexity index is 1940. The normalized spacial score (nSPS) is 31.0. The highest BCUT2D eigenvalue weighted by molar-refractivity contribution is 5.91. The summed E-state index contributed by atoms with van der Waals surface area (Å²) in [4.78, 5) is 39.4. The Labute approximate surface area is 347 Å².